The van der Waals surface area contributed by atoms with Gasteiger partial charge in [0.15, 0.2) is 12.0 Å². The highest BCUT2D eigenvalue weighted by Crippen LogP contribution is 2.43. The molecule has 1 amide bonds. The number of aromatic nitrogens is 6. The van der Waals surface area contributed by atoms with Crippen molar-refractivity contribution in [2.75, 3.05) is 34.9 Å². The number of pyridine rings is 2. The first-order valence-electron chi connectivity index (χ1n) is 16.1. The van der Waals surface area contributed by atoms with Crippen LogP contribution in [0.1, 0.15) is 46.8 Å². The molecule has 1 saturated carbocycles. The van der Waals surface area contributed by atoms with E-state index in [0.29, 0.717) is 28.7 Å². The van der Waals surface area contributed by atoms with Crippen molar-refractivity contribution in [1.82, 2.24) is 29.1 Å². The number of carbonyl (C=O) groups excluding carboxylic acids is 1. The summed E-state index contributed by atoms with van der Waals surface area (Å²) in [5.41, 5.74) is 6.60. The van der Waals surface area contributed by atoms with E-state index in [1.165, 1.54) is 27.1 Å². The maximum Gasteiger partial charge on any atom is 0.351 e. The van der Waals surface area contributed by atoms with Crippen LogP contribution in [0.4, 0.5) is 23.1 Å². The fourth-order valence-corrected chi connectivity index (χ4v) is 6.39. The van der Waals surface area contributed by atoms with Crippen molar-refractivity contribution in [2.45, 2.75) is 56.7 Å². The van der Waals surface area contributed by atoms with Gasteiger partial charge in [0.1, 0.15) is 29.4 Å². The van der Waals surface area contributed by atoms with Crippen LogP contribution in [-0.2, 0) is 9.47 Å². The summed E-state index contributed by atoms with van der Waals surface area (Å²) in [4.78, 5) is 63.3. The number of ether oxygens (including phenoxy) is 2. The molecule has 6 N–H and O–H groups in total. The Labute approximate surface area is 294 Å². The number of nitrogens with one attached hydrogen (secondary N) is 2. The molecule has 51 heavy (non-hydrogen) atoms. The smallest absolute Gasteiger partial charge is 0.351 e. The fourth-order valence-electron chi connectivity index (χ4n) is 5.46. The number of aliphatic hydroxyl groups excluding tert-OH is 2. The number of rotatable bonds is 5. The molecule has 0 radical (unpaired) electrons. The largest absolute Gasteiger partial charge is 0.393 e. The topological polar surface area (TPSA) is 233 Å². The lowest BCUT2D eigenvalue weighted by Gasteiger charge is -2.23. The summed E-state index contributed by atoms with van der Waals surface area (Å²) in [5, 5.41) is 20.7. The van der Waals surface area contributed by atoms with E-state index in [-0.39, 0.29) is 36.6 Å². The maximum atomic E-state index is 12.4. The maximum absolute atomic E-state index is 12.4. The van der Waals surface area contributed by atoms with Crippen molar-refractivity contribution in [3.05, 3.63) is 109 Å². The Morgan fingerprint density at radius 2 is 1.75 bits per heavy atom. The number of hydrogen-bond donors (Lipinski definition) is 5. The average molecular weight is 720 g/mol. The Balaban J connectivity index is 0.000000134. The van der Waals surface area contributed by atoms with Crippen molar-refractivity contribution in [1.29, 1.82) is 0 Å². The van der Waals surface area contributed by atoms with Crippen molar-refractivity contribution in [3.63, 3.8) is 0 Å². The van der Waals surface area contributed by atoms with Crippen LogP contribution in [0.15, 0.2) is 75.6 Å². The summed E-state index contributed by atoms with van der Waals surface area (Å²) in [5.74, 6) is 2.22. The van der Waals surface area contributed by atoms with Gasteiger partial charge >= 0.3 is 11.4 Å². The molecule has 4 aromatic heterocycles. The molecule has 0 bridgehead atoms. The van der Waals surface area contributed by atoms with Gasteiger partial charge in [0, 0.05) is 42.1 Å². The van der Waals surface area contributed by atoms with E-state index in [9.17, 15) is 19.2 Å². The summed E-state index contributed by atoms with van der Waals surface area (Å²) >= 11 is 1.47. The molecule has 4 aromatic rings. The zero-order valence-electron chi connectivity index (χ0n) is 27.7. The van der Waals surface area contributed by atoms with Crippen LogP contribution in [0, 0.1) is 13.8 Å². The number of H-pyrrole nitrogens is 1. The standard InChI is InChI=1S/C15H14N4O.C10H12N2O4.C8H11N3O3S/c1-9-6-8-17-14-12(9)18-15(20)11-3-2-7-16-13(11)19(14)10-4-5-10;1-6-4-12(10(15)11-9(6)14)8-3-2-7(5-13)16-8;9-5-1-2-11(8(13)10-5)6-4-15-7(3-12)14-6/h2-3,6-8,10H,4-5H2,1H3,(H,18,20);2-4,7-8,13H,5H2,1H3,(H,11,14,15);1-2,6-7,12H,3-4H2,(H2,9,10,13)/t;7-,8+;6-,7+/m.01/s1. The molecule has 3 aliphatic heterocycles. The summed E-state index contributed by atoms with van der Waals surface area (Å²) in [6, 6.07) is 7.45. The molecule has 4 aliphatic rings. The number of nitrogen functional groups attached to an aromatic ring is 1. The van der Waals surface area contributed by atoms with Gasteiger partial charge in [0.2, 0.25) is 0 Å². The number of nitrogens with two attached hydrogens (primary N) is 1. The third-order valence-corrected chi connectivity index (χ3v) is 9.34. The minimum atomic E-state index is -0.569. The number of hydrogen-bond acceptors (Lipinski definition) is 14. The molecule has 17 nitrogen and oxygen atoms in total. The van der Waals surface area contributed by atoms with E-state index in [1.807, 2.05) is 19.1 Å². The third-order valence-electron chi connectivity index (χ3n) is 8.23. The first kappa shape index (κ1) is 35.7. The summed E-state index contributed by atoms with van der Waals surface area (Å²) < 4.78 is 13.4. The van der Waals surface area contributed by atoms with E-state index in [1.54, 1.807) is 49.8 Å². The van der Waals surface area contributed by atoms with E-state index in [2.05, 4.69) is 30.2 Å². The molecule has 4 atom stereocenters. The number of carbonyl (C=O) groups is 1. The lowest BCUT2D eigenvalue weighted by atomic mass is 10.2. The van der Waals surface area contributed by atoms with Gasteiger partial charge in [-0.3, -0.25) is 23.7 Å². The van der Waals surface area contributed by atoms with Crippen molar-refractivity contribution in [3.8, 4) is 0 Å². The molecule has 1 saturated heterocycles. The first-order valence-corrected chi connectivity index (χ1v) is 17.1. The molecule has 268 valence electrons. The second-order valence-electron chi connectivity index (χ2n) is 11.9. The van der Waals surface area contributed by atoms with Gasteiger partial charge in [0.05, 0.1) is 24.5 Å². The van der Waals surface area contributed by atoms with E-state index < -0.39 is 29.3 Å². The van der Waals surface area contributed by atoms with Gasteiger partial charge in [-0.1, -0.05) is 6.08 Å². The van der Waals surface area contributed by atoms with Crippen LogP contribution >= 0.6 is 11.8 Å². The average Bonchev–Trinajstić information content (AvgIpc) is 3.66. The second-order valence-corrected chi connectivity index (χ2v) is 13.1. The molecule has 1 aliphatic carbocycles. The minimum absolute atomic E-state index is 0.0572. The Bertz CT molecular complexity index is 2110. The number of nitrogens with zero attached hydrogens (tertiary/aromatic N) is 6. The minimum Gasteiger partial charge on any atom is -0.393 e. The highest BCUT2D eigenvalue weighted by molar-refractivity contribution is 8.00. The molecule has 7 heterocycles. The highest BCUT2D eigenvalue weighted by atomic mass is 32.2. The lowest BCUT2D eigenvalue weighted by molar-refractivity contribution is -0.0104. The van der Waals surface area contributed by atoms with Gasteiger partial charge < -0.3 is 35.6 Å². The SMILES string of the molecule is Cc1ccnc2c1NC(=O)c1cccnc1N2C1CC1.Cc1cn([C@H]2C=C[C@@H](CO)O2)c(=O)[nH]c1=O.Nc1ccn([C@H]2CS[C@@H](CO)O2)c(=O)n1. The number of thioether (sulfide) groups is 1. The van der Waals surface area contributed by atoms with Gasteiger partial charge in [-0.25, -0.2) is 19.6 Å². The zero-order valence-corrected chi connectivity index (χ0v) is 28.5. The van der Waals surface area contributed by atoms with E-state index in [0.717, 1.165) is 29.9 Å². The first-order chi connectivity index (χ1) is 24.6. The Hall–Kier alpha value is -5.14. The van der Waals surface area contributed by atoms with Crippen LogP contribution in [-0.4, -0.2) is 81.7 Å². The quantitative estimate of drug-likeness (QED) is 0.183. The predicted octanol–water partition coefficient (Wildman–Crippen LogP) is 1.35. The van der Waals surface area contributed by atoms with Gasteiger partial charge in [-0.15, -0.1) is 11.8 Å². The summed E-state index contributed by atoms with van der Waals surface area (Å²) in [6.45, 7) is 3.40. The Morgan fingerprint density at radius 3 is 2.43 bits per heavy atom. The molecule has 8 rings (SSSR count). The van der Waals surface area contributed by atoms with Crippen LogP contribution in [0.5, 0.6) is 0 Å². The number of aromatic amines is 1. The van der Waals surface area contributed by atoms with Crippen molar-refractivity contribution in [2.24, 2.45) is 0 Å². The van der Waals surface area contributed by atoms with Crippen molar-refractivity contribution < 1.29 is 24.5 Å². The molecular weight excluding hydrogens is 682 g/mol. The molecular formula is C33H37N9O8S. The zero-order chi connectivity index (χ0) is 36.2. The summed E-state index contributed by atoms with van der Waals surface area (Å²) in [7, 11) is 0. The number of aryl methyl sites for hydroxylation is 2. The van der Waals surface area contributed by atoms with Gasteiger partial charge in [0.25, 0.3) is 11.5 Å². The number of aliphatic hydroxyl groups is 2. The fraction of sp³-hybridized carbons (Fsp3) is 0.364. The molecule has 18 heteroatoms. The van der Waals surface area contributed by atoms with E-state index in [4.69, 9.17) is 25.4 Å². The van der Waals surface area contributed by atoms with Gasteiger partial charge in [-0.2, -0.15) is 4.98 Å². The predicted molar refractivity (Wildman–Crippen MR) is 189 cm³/mol. The molecule has 0 unspecified atom stereocenters. The highest BCUT2D eigenvalue weighted by Gasteiger charge is 2.38. The number of amides is 1. The van der Waals surface area contributed by atoms with Gasteiger partial charge in [-0.05, 0) is 62.6 Å². The van der Waals surface area contributed by atoms with Crippen LogP contribution < -0.4 is 32.9 Å². The molecule has 0 spiro atoms. The third kappa shape index (κ3) is 7.94. The Kier molecular flexibility index (Phi) is 10.8. The summed E-state index contributed by atoms with van der Waals surface area (Å²) in [6.07, 6.45) is 10.7. The second kappa shape index (κ2) is 15.4. The molecule has 0 aromatic carbocycles. The normalized spacial score (nSPS) is 21.7. The number of fused-ring (bicyclic) bond motifs is 2. The molecule has 2 fully saturated rings. The van der Waals surface area contributed by atoms with Crippen LogP contribution in [0.3, 0.4) is 0 Å². The Morgan fingerprint density at radius 1 is 0.961 bits per heavy atom. The number of anilines is 4. The van der Waals surface area contributed by atoms with Crippen molar-refractivity contribution >= 4 is 40.8 Å². The van der Waals surface area contributed by atoms with Crippen LogP contribution in [0.2, 0.25) is 0 Å². The monoisotopic (exact) mass is 719 g/mol. The lowest BCUT2D eigenvalue weighted by Crippen LogP contribution is -2.33. The van der Waals surface area contributed by atoms with E-state index >= 15 is 0 Å². The van der Waals surface area contributed by atoms with Crippen LogP contribution in [0.25, 0.3) is 0 Å².